The van der Waals surface area contributed by atoms with Gasteiger partial charge in [0.1, 0.15) is 17.5 Å². The molecule has 2 aromatic rings. The molecule has 186 valence electrons. The summed E-state index contributed by atoms with van der Waals surface area (Å²) < 4.78 is 11.4. The molecule has 2 amide bonds. The summed E-state index contributed by atoms with van der Waals surface area (Å²) in [6, 6.07) is 14.7. The van der Waals surface area contributed by atoms with Gasteiger partial charge in [0.05, 0.1) is 7.11 Å². The number of carbonyl (C=O) groups excluding carboxylic acids is 2. The van der Waals surface area contributed by atoms with E-state index >= 15 is 0 Å². The average molecular weight is 469 g/mol. The van der Waals surface area contributed by atoms with E-state index in [2.05, 4.69) is 33.0 Å². The first-order valence-electron chi connectivity index (χ1n) is 12.1. The van der Waals surface area contributed by atoms with Crippen LogP contribution in [0.4, 0.5) is 0 Å². The van der Waals surface area contributed by atoms with E-state index in [-0.39, 0.29) is 23.8 Å². The molecular weight excluding hydrogens is 428 g/mol. The Morgan fingerprint density at radius 1 is 1.06 bits per heavy atom. The fraction of sp³-hybridized carbons (Fsp3) is 0.500. The fourth-order valence-electron chi connectivity index (χ4n) is 3.83. The van der Waals surface area contributed by atoms with Crippen molar-refractivity contribution < 1.29 is 19.1 Å². The number of amides is 2. The highest BCUT2D eigenvalue weighted by molar-refractivity contribution is 5.88. The molecule has 0 aliphatic rings. The first-order valence-corrected chi connectivity index (χ1v) is 12.1. The Kier molecular flexibility index (Phi) is 10.4. The summed E-state index contributed by atoms with van der Waals surface area (Å²) in [5, 5.41) is 2.98. The Bertz CT molecular complexity index is 936. The number of hydrogen-bond acceptors (Lipinski definition) is 4. The highest BCUT2D eigenvalue weighted by Gasteiger charge is 2.29. The van der Waals surface area contributed by atoms with Crippen LogP contribution in [0.1, 0.15) is 65.0 Å². The molecule has 0 bridgehead atoms. The number of benzene rings is 2. The molecule has 0 saturated carbocycles. The largest absolute Gasteiger partial charge is 0.497 e. The van der Waals surface area contributed by atoms with Crippen molar-refractivity contribution in [2.24, 2.45) is 0 Å². The molecule has 0 aliphatic carbocycles. The lowest BCUT2D eigenvalue weighted by Gasteiger charge is -2.31. The molecule has 0 saturated heterocycles. The number of hydrogen-bond donors (Lipinski definition) is 1. The molecule has 0 heterocycles. The number of carbonyl (C=O) groups is 2. The van der Waals surface area contributed by atoms with Gasteiger partial charge in [-0.05, 0) is 47.6 Å². The van der Waals surface area contributed by atoms with Crippen molar-refractivity contribution in [3.8, 4) is 11.5 Å². The monoisotopic (exact) mass is 468 g/mol. The van der Waals surface area contributed by atoms with Crippen LogP contribution in [0.5, 0.6) is 11.5 Å². The molecule has 0 fully saturated rings. The van der Waals surface area contributed by atoms with Crippen molar-refractivity contribution in [3.05, 3.63) is 59.7 Å². The zero-order valence-electron chi connectivity index (χ0n) is 21.5. The molecule has 0 aliphatic heterocycles. The van der Waals surface area contributed by atoms with Crippen molar-refractivity contribution in [2.75, 3.05) is 20.3 Å². The van der Waals surface area contributed by atoms with Gasteiger partial charge in [0.2, 0.25) is 5.91 Å². The molecule has 1 N–H and O–H groups in total. The maximum Gasteiger partial charge on any atom is 0.261 e. The zero-order chi connectivity index (χ0) is 25.1. The second-order valence-electron chi connectivity index (χ2n) is 9.48. The van der Waals surface area contributed by atoms with Gasteiger partial charge in [0, 0.05) is 13.1 Å². The van der Waals surface area contributed by atoms with Gasteiger partial charge < -0.3 is 19.7 Å². The Hall–Kier alpha value is -3.02. The molecule has 2 rings (SSSR count). The zero-order valence-corrected chi connectivity index (χ0v) is 21.5. The highest BCUT2D eigenvalue weighted by atomic mass is 16.5. The van der Waals surface area contributed by atoms with Crippen LogP contribution in [0.3, 0.4) is 0 Å². The van der Waals surface area contributed by atoms with E-state index in [4.69, 9.17) is 9.47 Å². The van der Waals surface area contributed by atoms with Gasteiger partial charge in [-0.25, -0.2) is 0 Å². The van der Waals surface area contributed by atoms with Crippen LogP contribution in [0.2, 0.25) is 0 Å². The molecule has 6 heteroatoms. The van der Waals surface area contributed by atoms with Crippen LogP contribution in [-0.2, 0) is 21.5 Å². The van der Waals surface area contributed by atoms with Crippen molar-refractivity contribution in [3.63, 3.8) is 0 Å². The first kappa shape index (κ1) is 27.2. The Morgan fingerprint density at radius 2 is 1.79 bits per heavy atom. The predicted molar refractivity (Wildman–Crippen MR) is 136 cm³/mol. The third kappa shape index (κ3) is 7.79. The average Bonchev–Trinajstić information content (AvgIpc) is 2.82. The van der Waals surface area contributed by atoms with Gasteiger partial charge in [0.25, 0.3) is 5.91 Å². The lowest BCUT2D eigenvalue weighted by atomic mass is 9.86. The van der Waals surface area contributed by atoms with Crippen LogP contribution >= 0.6 is 0 Å². The van der Waals surface area contributed by atoms with Crippen LogP contribution in [0, 0.1) is 0 Å². The lowest BCUT2D eigenvalue weighted by Crippen LogP contribution is -2.50. The molecule has 0 spiro atoms. The van der Waals surface area contributed by atoms with E-state index in [1.807, 2.05) is 55.5 Å². The summed E-state index contributed by atoms with van der Waals surface area (Å²) in [6.07, 6.45) is 2.40. The second kappa shape index (κ2) is 13.0. The summed E-state index contributed by atoms with van der Waals surface area (Å²) in [5.41, 5.74) is 1.81. The number of methoxy groups -OCH3 is 1. The van der Waals surface area contributed by atoms with Gasteiger partial charge in [0.15, 0.2) is 6.61 Å². The number of nitrogens with zero attached hydrogens (tertiary/aromatic N) is 1. The van der Waals surface area contributed by atoms with E-state index in [1.54, 1.807) is 12.0 Å². The molecule has 0 aromatic heterocycles. The van der Waals surface area contributed by atoms with Crippen molar-refractivity contribution in [2.45, 2.75) is 71.9 Å². The third-order valence-electron chi connectivity index (χ3n) is 5.75. The SMILES string of the molecule is CCCCNC(=O)[C@H](CC)N(Cc1cccc(OC)c1)C(=O)COc1ccccc1C(C)(C)C. The van der Waals surface area contributed by atoms with E-state index in [9.17, 15) is 9.59 Å². The number of rotatable bonds is 12. The second-order valence-corrected chi connectivity index (χ2v) is 9.48. The third-order valence-corrected chi connectivity index (χ3v) is 5.75. The quantitative estimate of drug-likeness (QED) is 0.440. The lowest BCUT2D eigenvalue weighted by molar-refractivity contribution is -0.143. The highest BCUT2D eigenvalue weighted by Crippen LogP contribution is 2.31. The summed E-state index contributed by atoms with van der Waals surface area (Å²) in [6.45, 7) is 11.1. The van der Waals surface area contributed by atoms with Gasteiger partial charge in [-0.1, -0.05) is 71.4 Å². The Morgan fingerprint density at radius 3 is 2.44 bits per heavy atom. The minimum atomic E-state index is -0.586. The van der Waals surface area contributed by atoms with E-state index in [1.165, 1.54) is 0 Å². The molecule has 1 atom stereocenters. The molecule has 0 radical (unpaired) electrons. The maximum absolute atomic E-state index is 13.5. The van der Waals surface area contributed by atoms with Crippen LogP contribution < -0.4 is 14.8 Å². The molecule has 0 unspecified atom stereocenters. The standard InChI is InChI=1S/C28H40N2O4/c1-7-9-17-29-27(32)24(8-2)30(19-21-13-12-14-22(18-21)33-6)26(31)20-34-25-16-11-10-15-23(25)28(3,4)5/h10-16,18,24H,7-9,17,19-20H2,1-6H3,(H,29,32)/t24-/m0/s1. The van der Waals surface area contributed by atoms with E-state index in [0.717, 1.165) is 24.0 Å². The summed E-state index contributed by atoms with van der Waals surface area (Å²) in [5.74, 6) is 1.03. The number of nitrogens with one attached hydrogen (secondary N) is 1. The van der Waals surface area contributed by atoms with Gasteiger partial charge >= 0.3 is 0 Å². The minimum absolute atomic E-state index is 0.120. The van der Waals surface area contributed by atoms with E-state index < -0.39 is 6.04 Å². The predicted octanol–water partition coefficient (Wildman–Crippen LogP) is 5.10. The van der Waals surface area contributed by atoms with Crippen LogP contribution in [0.25, 0.3) is 0 Å². The molecule has 34 heavy (non-hydrogen) atoms. The fourth-order valence-corrected chi connectivity index (χ4v) is 3.83. The molecule has 2 aromatic carbocycles. The normalized spacial score (nSPS) is 12.1. The van der Waals surface area contributed by atoms with Crippen molar-refractivity contribution in [1.29, 1.82) is 0 Å². The molecule has 6 nitrogen and oxygen atoms in total. The summed E-state index contributed by atoms with van der Waals surface area (Å²) >= 11 is 0. The van der Waals surface area contributed by atoms with E-state index in [0.29, 0.717) is 31.0 Å². The van der Waals surface area contributed by atoms with Crippen LogP contribution in [-0.4, -0.2) is 43.0 Å². The topological polar surface area (TPSA) is 67.9 Å². The molecular formula is C28H40N2O4. The number of ether oxygens (including phenoxy) is 2. The van der Waals surface area contributed by atoms with Gasteiger partial charge in [-0.15, -0.1) is 0 Å². The Labute approximate surface area is 204 Å². The maximum atomic E-state index is 13.5. The first-order chi connectivity index (χ1) is 16.2. The van der Waals surface area contributed by atoms with Crippen molar-refractivity contribution in [1.82, 2.24) is 10.2 Å². The van der Waals surface area contributed by atoms with Gasteiger partial charge in [-0.3, -0.25) is 9.59 Å². The van der Waals surface area contributed by atoms with Crippen LogP contribution in [0.15, 0.2) is 48.5 Å². The summed E-state index contributed by atoms with van der Waals surface area (Å²) in [7, 11) is 1.61. The number of para-hydroxylation sites is 1. The summed E-state index contributed by atoms with van der Waals surface area (Å²) in [4.78, 5) is 28.1. The smallest absolute Gasteiger partial charge is 0.261 e. The number of unbranched alkanes of at least 4 members (excludes halogenated alkanes) is 1. The minimum Gasteiger partial charge on any atom is -0.497 e. The van der Waals surface area contributed by atoms with Gasteiger partial charge in [-0.2, -0.15) is 0 Å². The Balaban J connectivity index is 2.27. The van der Waals surface area contributed by atoms with Crippen molar-refractivity contribution >= 4 is 11.8 Å².